The van der Waals surface area contributed by atoms with Gasteiger partial charge in [0.1, 0.15) is 5.82 Å². The van der Waals surface area contributed by atoms with Crippen LogP contribution in [0.25, 0.3) is 0 Å². The summed E-state index contributed by atoms with van der Waals surface area (Å²) in [6.07, 6.45) is 1.76. The Kier molecular flexibility index (Phi) is 3.71. The van der Waals surface area contributed by atoms with Gasteiger partial charge in [-0.1, -0.05) is 18.2 Å². The van der Waals surface area contributed by atoms with Crippen LogP contribution in [-0.2, 0) is 13.1 Å². The largest absolute Gasteiger partial charge is 0.347 e. The monoisotopic (exact) mass is 251 g/mol. The van der Waals surface area contributed by atoms with Crippen molar-refractivity contribution in [3.8, 4) is 0 Å². The van der Waals surface area contributed by atoms with Gasteiger partial charge in [0.25, 0.3) is 0 Å². The third-order valence-electron chi connectivity index (χ3n) is 2.43. The SMILES string of the molecule is CN(Cc1ccccc1F)c1ncc(CN)s1. The van der Waals surface area contributed by atoms with Crippen molar-refractivity contribution in [1.29, 1.82) is 0 Å². The van der Waals surface area contributed by atoms with Gasteiger partial charge in [-0.3, -0.25) is 0 Å². The molecule has 0 spiro atoms. The van der Waals surface area contributed by atoms with Crippen molar-refractivity contribution in [2.45, 2.75) is 13.1 Å². The molecule has 0 saturated carbocycles. The fourth-order valence-corrected chi connectivity index (χ4v) is 2.27. The smallest absolute Gasteiger partial charge is 0.185 e. The van der Waals surface area contributed by atoms with Gasteiger partial charge in [-0.05, 0) is 6.07 Å². The fraction of sp³-hybridized carbons (Fsp3) is 0.250. The quantitative estimate of drug-likeness (QED) is 0.907. The van der Waals surface area contributed by atoms with E-state index in [1.54, 1.807) is 18.3 Å². The number of nitrogens with two attached hydrogens (primary N) is 1. The second-order valence-electron chi connectivity index (χ2n) is 3.76. The summed E-state index contributed by atoms with van der Waals surface area (Å²) in [6, 6.07) is 6.77. The highest BCUT2D eigenvalue weighted by Gasteiger charge is 2.09. The van der Waals surface area contributed by atoms with Crippen LogP contribution in [0.1, 0.15) is 10.4 Å². The average molecular weight is 251 g/mol. The van der Waals surface area contributed by atoms with Crippen molar-refractivity contribution in [1.82, 2.24) is 4.98 Å². The van der Waals surface area contributed by atoms with Crippen LogP contribution in [0.4, 0.5) is 9.52 Å². The molecule has 1 aromatic heterocycles. The Morgan fingerprint density at radius 2 is 2.18 bits per heavy atom. The molecule has 0 aliphatic heterocycles. The minimum atomic E-state index is -0.185. The van der Waals surface area contributed by atoms with Crippen LogP contribution >= 0.6 is 11.3 Å². The van der Waals surface area contributed by atoms with Gasteiger partial charge in [0.2, 0.25) is 0 Å². The molecule has 2 N–H and O–H groups in total. The molecule has 1 heterocycles. The summed E-state index contributed by atoms with van der Waals surface area (Å²) in [6.45, 7) is 0.995. The molecular formula is C12H14FN3S. The molecule has 0 radical (unpaired) electrons. The van der Waals surface area contributed by atoms with Crippen molar-refractivity contribution < 1.29 is 4.39 Å². The van der Waals surface area contributed by atoms with E-state index in [2.05, 4.69) is 4.98 Å². The summed E-state index contributed by atoms with van der Waals surface area (Å²) in [5.74, 6) is -0.185. The van der Waals surface area contributed by atoms with E-state index >= 15 is 0 Å². The number of aromatic nitrogens is 1. The minimum absolute atomic E-state index is 0.185. The maximum atomic E-state index is 13.5. The average Bonchev–Trinajstić information content (AvgIpc) is 2.81. The van der Waals surface area contributed by atoms with Gasteiger partial charge < -0.3 is 10.6 Å². The Bertz CT molecular complexity index is 498. The molecule has 2 rings (SSSR count). The molecule has 17 heavy (non-hydrogen) atoms. The first-order valence-electron chi connectivity index (χ1n) is 5.30. The van der Waals surface area contributed by atoms with Crippen LogP contribution < -0.4 is 10.6 Å². The maximum absolute atomic E-state index is 13.5. The van der Waals surface area contributed by atoms with E-state index in [0.29, 0.717) is 18.7 Å². The molecule has 0 saturated heterocycles. The Morgan fingerprint density at radius 1 is 1.41 bits per heavy atom. The number of halogens is 1. The standard InChI is InChI=1S/C12H14FN3S/c1-16(12-15-7-10(6-14)17-12)8-9-4-2-3-5-11(9)13/h2-5,7H,6,8,14H2,1H3. The van der Waals surface area contributed by atoms with E-state index in [1.807, 2.05) is 18.0 Å². The van der Waals surface area contributed by atoms with E-state index in [9.17, 15) is 4.39 Å². The van der Waals surface area contributed by atoms with Crippen LogP contribution in [0.3, 0.4) is 0 Å². The lowest BCUT2D eigenvalue weighted by Gasteiger charge is -2.15. The highest BCUT2D eigenvalue weighted by atomic mass is 32.1. The lowest BCUT2D eigenvalue weighted by molar-refractivity contribution is 0.608. The van der Waals surface area contributed by atoms with Gasteiger partial charge in [0, 0.05) is 36.8 Å². The van der Waals surface area contributed by atoms with Gasteiger partial charge in [0.15, 0.2) is 5.13 Å². The second kappa shape index (κ2) is 5.25. The lowest BCUT2D eigenvalue weighted by Crippen LogP contribution is -2.16. The van der Waals surface area contributed by atoms with Crippen molar-refractivity contribution >= 4 is 16.5 Å². The molecule has 1 aromatic carbocycles. The van der Waals surface area contributed by atoms with Crippen LogP contribution in [0.15, 0.2) is 30.5 Å². The lowest BCUT2D eigenvalue weighted by atomic mass is 10.2. The summed E-state index contributed by atoms with van der Waals surface area (Å²) in [5.41, 5.74) is 6.20. The number of hydrogen-bond donors (Lipinski definition) is 1. The van der Waals surface area contributed by atoms with Gasteiger partial charge in [-0.25, -0.2) is 9.37 Å². The van der Waals surface area contributed by atoms with E-state index in [-0.39, 0.29) is 5.82 Å². The number of nitrogens with zero attached hydrogens (tertiary/aromatic N) is 2. The van der Waals surface area contributed by atoms with Crippen LogP contribution in [-0.4, -0.2) is 12.0 Å². The molecule has 90 valence electrons. The van der Waals surface area contributed by atoms with E-state index < -0.39 is 0 Å². The zero-order valence-corrected chi connectivity index (χ0v) is 10.4. The number of benzene rings is 1. The van der Waals surface area contributed by atoms with Crippen molar-refractivity contribution in [2.75, 3.05) is 11.9 Å². The Balaban J connectivity index is 2.11. The molecule has 0 atom stereocenters. The van der Waals surface area contributed by atoms with Crippen molar-refractivity contribution in [3.63, 3.8) is 0 Å². The third kappa shape index (κ3) is 2.81. The minimum Gasteiger partial charge on any atom is -0.347 e. The predicted octanol–water partition coefficient (Wildman–Crippen LogP) is 2.38. The topological polar surface area (TPSA) is 42.2 Å². The van der Waals surface area contributed by atoms with Crippen LogP contribution in [0.2, 0.25) is 0 Å². The summed E-state index contributed by atoms with van der Waals surface area (Å²) in [4.78, 5) is 7.20. The summed E-state index contributed by atoms with van der Waals surface area (Å²) in [7, 11) is 1.89. The van der Waals surface area contributed by atoms with Gasteiger partial charge in [-0.15, -0.1) is 11.3 Å². The zero-order valence-electron chi connectivity index (χ0n) is 9.56. The molecular weight excluding hydrogens is 237 g/mol. The Morgan fingerprint density at radius 3 is 2.82 bits per heavy atom. The Hall–Kier alpha value is -1.46. The summed E-state index contributed by atoms with van der Waals surface area (Å²) in [5, 5.41) is 0.855. The number of hydrogen-bond acceptors (Lipinski definition) is 4. The van der Waals surface area contributed by atoms with Crippen LogP contribution in [0.5, 0.6) is 0 Å². The van der Waals surface area contributed by atoms with E-state index in [1.165, 1.54) is 17.4 Å². The normalized spacial score (nSPS) is 10.5. The molecule has 0 amide bonds. The molecule has 0 aliphatic rings. The molecule has 0 fully saturated rings. The molecule has 2 aromatic rings. The molecule has 0 aliphatic carbocycles. The number of anilines is 1. The molecule has 0 bridgehead atoms. The van der Waals surface area contributed by atoms with Gasteiger partial charge >= 0.3 is 0 Å². The first kappa shape index (κ1) is 12.0. The third-order valence-corrected chi connectivity index (χ3v) is 3.57. The second-order valence-corrected chi connectivity index (χ2v) is 4.85. The first-order chi connectivity index (χ1) is 8.20. The number of rotatable bonds is 4. The number of thiazole rings is 1. The van der Waals surface area contributed by atoms with Crippen molar-refractivity contribution in [3.05, 3.63) is 46.7 Å². The summed E-state index contributed by atoms with van der Waals surface area (Å²) >= 11 is 1.53. The van der Waals surface area contributed by atoms with Gasteiger partial charge in [-0.2, -0.15) is 0 Å². The highest BCUT2D eigenvalue weighted by molar-refractivity contribution is 7.15. The predicted molar refractivity (Wildman–Crippen MR) is 68.5 cm³/mol. The fourth-order valence-electron chi connectivity index (χ4n) is 1.52. The van der Waals surface area contributed by atoms with E-state index in [4.69, 9.17) is 5.73 Å². The molecule has 0 unspecified atom stereocenters. The maximum Gasteiger partial charge on any atom is 0.185 e. The zero-order chi connectivity index (χ0) is 12.3. The highest BCUT2D eigenvalue weighted by Crippen LogP contribution is 2.22. The molecule has 5 heteroatoms. The van der Waals surface area contributed by atoms with Gasteiger partial charge in [0.05, 0.1) is 0 Å². The Labute approximate surface area is 104 Å². The molecule has 3 nitrogen and oxygen atoms in total. The summed E-state index contributed by atoms with van der Waals surface area (Å²) < 4.78 is 13.5. The van der Waals surface area contributed by atoms with E-state index in [0.717, 1.165) is 10.0 Å². The first-order valence-corrected chi connectivity index (χ1v) is 6.11. The van der Waals surface area contributed by atoms with Crippen molar-refractivity contribution in [2.24, 2.45) is 5.73 Å². The van der Waals surface area contributed by atoms with Crippen LogP contribution in [0, 0.1) is 5.82 Å².